The third kappa shape index (κ3) is 12.1. The molecule has 2 amide bonds. The van der Waals surface area contributed by atoms with Crippen LogP contribution in [0.25, 0.3) is 23.0 Å². The number of anilines is 6. The molecule has 2 aliphatic carbocycles. The molecule has 0 atom stereocenters. The van der Waals surface area contributed by atoms with Crippen molar-refractivity contribution >= 4 is 68.2 Å². The molecule has 0 bridgehead atoms. The molecule has 0 radical (unpaired) electrons. The smallest absolute Gasteiger partial charge is 0.397 e. The van der Waals surface area contributed by atoms with E-state index in [2.05, 4.69) is 54.2 Å². The van der Waals surface area contributed by atoms with E-state index in [-0.39, 0.29) is 19.0 Å². The fourth-order valence-corrected chi connectivity index (χ4v) is 8.14. The molecular formula is C43H45F3N14O4S2. The number of amides is 2. The van der Waals surface area contributed by atoms with Crippen LogP contribution in [0.3, 0.4) is 0 Å². The molecule has 344 valence electrons. The molecule has 0 spiro atoms. The van der Waals surface area contributed by atoms with E-state index in [0.29, 0.717) is 70.2 Å². The Balaban J connectivity index is 0.000000167. The van der Waals surface area contributed by atoms with Gasteiger partial charge in [-0.25, -0.2) is 19.9 Å². The predicted molar refractivity (Wildman–Crippen MR) is 243 cm³/mol. The largest absolute Gasteiger partial charge is 0.489 e. The van der Waals surface area contributed by atoms with E-state index >= 15 is 0 Å². The van der Waals surface area contributed by atoms with E-state index in [4.69, 9.17) is 9.47 Å². The van der Waals surface area contributed by atoms with Crippen molar-refractivity contribution in [1.29, 1.82) is 0 Å². The summed E-state index contributed by atoms with van der Waals surface area (Å²) >= 11 is 2.46. The second-order valence-electron chi connectivity index (χ2n) is 15.9. The number of ether oxygens (including phenoxy) is 2. The summed E-state index contributed by atoms with van der Waals surface area (Å²) in [4.78, 5) is 57.3. The lowest BCUT2D eigenvalue weighted by atomic mass is 10.2. The van der Waals surface area contributed by atoms with Gasteiger partial charge in [0.05, 0.1) is 48.4 Å². The Hall–Kier alpha value is -6.75. The van der Waals surface area contributed by atoms with Crippen molar-refractivity contribution in [3.05, 3.63) is 73.3 Å². The van der Waals surface area contributed by atoms with Gasteiger partial charge in [-0.15, -0.1) is 0 Å². The van der Waals surface area contributed by atoms with Crippen LogP contribution in [0.2, 0.25) is 0 Å². The minimum atomic E-state index is -4.49. The highest BCUT2D eigenvalue weighted by atomic mass is 32.1. The van der Waals surface area contributed by atoms with E-state index in [1.54, 1.807) is 31.6 Å². The molecule has 18 nitrogen and oxygen atoms in total. The van der Waals surface area contributed by atoms with Gasteiger partial charge in [0.1, 0.15) is 40.9 Å². The van der Waals surface area contributed by atoms with Gasteiger partial charge in [-0.3, -0.25) is 9.59 Å². The number of nitrogens with one attached hydrogen (secondary N) is 2. The number of piperazine rings is 2. The van der Waals surface area contributed by atoms with E-state index in [0.717, 1.165) is 74.7 Å². The molecule has 6 aromatic rings. The summed E-state index contributed by atoms with van der Waals surface area (Å²) in [6, 6.07) is 15.1. The second-order valence-corrected chi connectivity index (χ2v) is 17.4. The first kappa shape index (κ1) is 44.5. The Morgan fingerprint density at radius 1 is 0.621 bits per heavy atom. The summed E-state index contributed by atoms with van der Waals surface area (Å²) in [7, 11) is 0. The maximum atomic E-state index is 12.5. The van der Waals surface area contributed by atoms with Crippen molar-refractivity contribution in [1.82, 2.24) is 48.5 Å². The zero-order chi connectivity index (χ0) is 45.6. The van der Waals surface area contributed by atoms with Crippen molar-refractivity contribution in [3.63, 3.8) is 0 Å². The maximum Gasteiger partial charge on any atom is 0.397 e. The molecule has 2 aliphatic heterocycles. The summed E-state index contributed by atoms with van der Waals surface area (Å²) in [6.07, 6.45) is 6.09. The molecule has 0 unspecified atom stereocenters. The molecule has 2 N–H and O–H groups in total. The molecule has 2 saturated carbocycles. The van der Waals surface area contributed by atoms with Gasteiger partial charge in [0, 0.05) is 82.3 Å². The van der Waals surface area contributed by atoms with Gasteiger partial charge in [-0.1, -0.05) is 0 Å². The Labute approximate surface area is 385 Å². The van der Waals surface area contributed by atoms with Crippen LogP contribution in [0.15, 0.2) is 73.3 Å². The van der Waals surface area contributed by atoms with Gasteiger partial charge in [0.15, 0.2) is 11.6 Å². The normalized spacial score (nSPS) is 16.3. The number of aromatic nitrogens is 8. The van der Waals surface area contributed by atoms with Gasteiger partial charge in [-0.2, -0.15) is 31.9 Å². The van der Waals surface area contributed by atoms with Gasteiger partial charge in [-0.05, 0) is 74.2 Å². The second kappa shape index (κ2) is 19.8. The van der Waals surface area contributed by atoms with E-state index < -0.39 is 18.5 Å². The van der Waals surface area contributed by atoms with Crippen LogP contribution < -0.4 is 29.9 Å². The minimum Gasteiger partial charge on any atom is -0.489 e. The van der Waals surface area contributed by atoms with Crippen molar-refractivity contribution in [3.8, 4) is 34.5 Å². The lowest BCUT2D eigenvalue weighted by Gasteiger charge is -2.36. The fourth-order valence-electron chi connectivity index (χ4n) is 6.97. The van der Waals surface area contributed by atoms with Gasteiger partial charge < -0.3 is 39.7 Å². The lowest BCUT2D eigenvalue weighted by molar-refractivity contribution is -0.161. The number of nitrogens with zero attached hydrogens (tertiary/aromatic N) is 12. The number of carbonyl (C=O) groups excluding carboxylic acids is 2. The average molecular weight is 943 g/mol. The highest BCUT2D eigenvalue weighted by Crippen LogP contribution is 2.31. The Kier molecular flexibility index (Phi) is 13.3. The number of alkyl halides is 3. The number of hydrogen-bond donors (Lipinski definition) is 2. The summed E-state index contributed by atoms with van der Waals surface area (Å²) < 4.78 is 57.5. The molecular weight excluding hydrogens is 898 g/mol. The highest BCUT2D eigenvalue weighted by molar-refractivity contribution is 7.10. The zero-order valence-electron chi connectivity index (χ0n) is 35.7. The first-order valence-electron chi connectivity index (χ1n) is 21.5. The lowest BCUT2D eigenvalue weighted by Crippen LogP contribution is -2.49. The monoisotopic (exact) mass is 942 g/mol. The van der Waals surface area contributed by atoms with Crippen molar-refractivity contribution < 1.29 is 32.2 Å². The molecule has 8 heterocycles. The standard InChI is InChI=1S/C22H22F3N7O2S.C21H23N7O2S/c23-22(24,25)11-19(33)32-9-7-31(8-10-32)14-1-6-18(27-12-14)28-21-29-20(30-35-21)17-5-4-16(13-26-17)34-15-2-3-15;1-14(29)27-8-10-28(11-9-27)15-2-7-19(23-12-15)24-21-25-20(26-31-21)18-6-5-17(13-22-18)30-16-3-4-16/h1,4-6,12-13,15H,2-3,7-11H2,(H,27,28,29,30);2,5-7,12-13,16H,3-4,8-11H2,1H3,(H,23,24,25,26). The molecule has 2 saturated heterocycles. The molecule has 10 rings (SSSR count). The van der Waals surface area contributed by atoms with Crippen LogP contribution in [-0.2, 0) is 9.59 Å². The topological polar surface area (TPSA) is 193 Å². The van der Waals surface area contributed by atoms with Crippen LogP contribution in [-0.4, -0.2) is 131 Å². The molecule has 23 heteroatoms. The predicted octanol–water partition coefficient (Wildman–Crippen LogP) is 6.83. The maximum absolute atomic E-state index is 12.5. The zero-order valence-corrected chi connectivity index (χ0v) is 37.4. The Morgan fingerprint density at radius 2 is 1.08 bits per heavy atom. The van der Waals surface area contributed by atoms with Gasteiger partial charge in [0.25, 0.3) is 0 Å². The van der Waals surface area contributed by atoms with Crippen LogP contribution >= 0.6 is 23.1 Å². The van der Waals surface area contributed by atoms with Crippen LogP contribution in [0.1, 0.15) is 39.0 Å². The van der Waals surface area contributed by atoms with Crippen molar-refractivity contribution in [2.75, 3.05) is 72.8 Å². The van der Waals surface area contributed by atoms with Gasteiger partial charge >= 0.3 is 6.18 Å². The van der Waals surface area contributed by atoms with Crippen LogP contribution in [0.5, 0.6) is 11.5 Å². The molecule has 4 fully saturated rings. The summed E-state index contributed by atoms with van der Waals surface area (Å²) in [5, 5.41) is 7.54. The van der Waals surface area contributed by atoms with Crippen LogP contribution in [0.4, 0.5) is 46.4 Å². The number of carbonyl (C=O) groups is 2. The molecule has 66 heavy (non-hydrogen) atoms. The van der Waals surface area contributed by atoms with Crippen molar-refractivity contribution in [2.24, 2.45) is 0 Å². The van der Waals surface area contributed by atoms with E-state index in [1.807, 2.05) is 58.5 Å². The highest BCUT2D eigenvalue weighted by Gasteiger charge is 2.34. The number of pyridine rings is 4. The SMILES string of the molecule is CC(=O)N1CCN(c2ccc(Nc3nc(-c4ccc(OC5CC5)cn4)ns3)nc2)CC1.O=C(CC(F)(F)F)N1CCN(c2ccc(Nc3nc(-c4ccc(OC5CC5)cn4)ns3)nc2)CC1. The number of hydrogen-bond acceptors (Lipinski definition) is 18. The summed E-state index contributed by atoms with van der Waals surface area (Å²) in [5.74, 6) is 3.13. The molecule has 6 aromatic heterocycles. The minimum absolute atomic E-state index is 0.131. The van der Waals surface area contributed by atoms with Gasteiger partial charge in [0.2, 0.25) is 22.1 Å². The third-order valence-corrected chi connectivity index (χ3v) is 12.1. The van der Waals surface area contributed by atoms with Crippen LogP contribution in [0, 0.1) is 0 Å². The summed E-state index contributed by atoms with van der Waals surface area (Å²) in [6.45, 7) is 6.08. The molecule has 0 aromatic carbocycles. The number of halogens is 3. The quantitative estimate of drug-likeness (QED) is 0.122. The first-order chi connectivity index (χ1) is 32.0. The number of rotatable bonds is 13. The molecule has 4 aliphatic rings. The Morgan fingerprint density at radius 3 is 1.44 bits per heavy atom. The fraction of sp³-hybridized carbons (Fsp3) is 0.395. The van der Waals surface area contributed by atoms with E-state index in [9.17, 15) is 22.8 Å². The van der Waals surface area contributed by atoms with Crippen molar-refractivity contribution in [2.45, 2.75) is 57.4 Å². The van der Waals surface area contributed by atoms with E-state index in [1.165, 1.54) is 28.0 Å². The Bertz CT molecular complexity index is 2560. The average Bonchev–Trinajstić information content (AvgIpc) is 4.23. The summed E-state index contributed by atoms with van der Waals surface area (Å²) in [5.41, 5.74) is 3.23. The first-order valence-corrected chi connectivity index (χ1v) is 23.0. The third-order valence-electron chi connectivity index (χ3n) is 10.8.